The van der Waals surface area contributed by atoms with Gasteiger partial charge in [-0.1, -0.05) is 35.8 Å². The molecule has 0 saturated carbocycles. The number of hydrogen-bond donors (Lipinski definition) is 1. The summed E-state index contributed by atoms with van der Waals surface area (Å²) in [7, 11) is 0. The van der Waals surface area contributed by atoms with E-state index in [0.29, 0.717) is 27.8 Å². The van der Waals surface area contributed by atoms with E-state index in [0.717, 1.165) is 5.56 Å². The Labute approximate surface area is 202 Å². The molecular weight excluding hydrogens is 492 g/mol. The average Bonchev–Trinajstić information content (AvgIpc) is 2.80. The highest BCUT2D eigenvalue weighted by Gasteiger charge is 2.15. The molecule has 1 amide bonds. The Morgan fingerprint density at radius 1 is 1.09 bits per heavy atom. The predicted octanol–water partition coefficient (Wildman–Crippen LogP) is 7.08. The molecular formula is C24H19ClF4N2O2S. The van der Waals surface area contributed by atoms with Crippen molar-refractivity contribution in [3.8, 4) is 0 Å². The fraction of sp³-hybridized carbons (Fsp3) is 0.167. The molecule has 0 aliphatic carbocycles. The van der Waals surface area contributed by atoms with Crippen LogP contribution in [0.1, 0.15) is 22.8 Å². The maximum absolute atomic E-state index is 13.4. The van der Waals surface area contributed by atoms with Gasteiger partial charge in [-0.15, -0.1) is 11.8 Å². The summed E-state index contributed by atoms with van der Waals surface area (Å²) in [6.07, 6.45) is 1.62. The topological polar surface area (TPSA) is 50.7 Å². The van der Waals surface area contributed by atoms with Crippen LogP contribution in [0.3, 0.4) is 0 Å². The van der Waals surface area contributed by atoms with Gasteiger partial charge in [-0.05, 0) is 35.9 Å². The van der Waals surface area contributed by atoms with E-state index in [4.69, 9.17) is 16.4 Å². The molecule has 0 aromatic heterocycles. The lowest BCUT2D eigenvalue weighted by Gasteiger charge is -2.10. The molecule has 1 atom stereocenters. The lowest BCUT2D eigenvalue weighted by atomic mass is 10.2. The first kappa shape index (κ1) is 25.6. The van der Waals surface area contributed by atoms with E-state index < -0.39 is 23.4 Å². The highest BCUT2D eigenvalue weighted by atomic mass is 35.5. The van der Waals surface area contributed by atoms with Crippen molar-refractivity contribution < 1.29 is 27.2 Å². The molecule has 3 rings (SSSR count). The molecule has 178 valence electrons. The van der Waals surface area contributed by atoms with Crippen molar-refractivity contribution in [2.45, 2.75) is 18.4 Å². The van der Waals surface area contributed by atoms with Crippen LogP contribution >= 0.6 is 23.4 Å². The van der Waals surface area contributed by atoms with Gasteiger partial charge in [-0.2, -0.15) is 0 Å². The van der Waals surface area contributed by atoms with Crippen LogP contribution in [0.2, 0.25) is 5.02 Å². The van der Waals surface area contributed by atoms with Gasteiger partial charge in [-0.3, -0.25) is 4.79 Å². The average molecular weight is 511 g/mol. The molecule has 0 bridgehead atoms. The van der Waals surface area contributed by atoms with Crippen LogP contribution in [0.25, 0.3) is 0 Å². The first-order valence-corrected chi connectivity index (χ1v) is 11.4. The number of amides is 1. The molecule has 10 heteroatoms. The molecule has 0 fully saturated rings. The molecule has 0 aliphatic heterocycles. The van der Waals surface area contributed by atoms with Gasteiger partial charge in [0.25, 0.3) is 5.91 Å². The van der Waals surface area contributed by atoms with Crippen LogP contribution in [0, 0.1) is 29.2 Å². The number of carbonyl (C=O) groups excluding carboxylic acids is 1. The molecule has 1 N–H and O–H groups in total. The van der Waals surface area contributed by atoms with E-state index in [2.05, 4.69) is 10.5 Å². The number of thioether (sulfide) groups is 1. The second-order valence-corrected chi connectivity index (χ2v) is 8.76. The van der Waals surface area contributed by atoms with Gasteiger partial charge in [0.05, 0.1) is 5.02 Å². The molecule has 34 heavy (non-hydrogen) atoms. The zero-order chi connectivity index (χ0) is 24.7. The highest BCUT2D eigenvalue weighted by molar-refractivity contribution is 7.99. The van der Waals surface area contributed by atoms with Gasteiger partial charge in [0.2, 0.25) is 0 Å². The molecule has 0 aliphatic rings. The summed E-state index contributed by atoms with van der Waals surface area (Å²) in [5.74, 6) is -4.80. The van der Waals surface area contributed by atoms with Crippen molar-refractivity contribution in [3.63, 3.8) is 0 Å². The van der Waals surface area contributed by atoms with Crippen LogP contribution in [-0.4, -0.2) is 17.9 Å². The lowest BCUT2D eigenvalue weighted by Crippen LogP contribution is -2.13. The first-order valence-electron chi connectivity index (χ1n) is 10.0. The Hall–Kier alpha value is -3.04. The van der Waals surface area contributed by atoms with E-state index in [1.807, 2.05) is 6.92 Å². The third-order valence-electron chi connectivity index (χ3n) is 4.47. The smallest absolute Gasteiger partial charge is 0.255 e. The molecule has 0 heterocycles. The summed E-state index contributed by atoms with van der Waals surface area (Å²) in [6, 6.07) is 11.8. The van der Waals surface area contributed by atoms with Crippen LogP contribution in [-0.2, 0) is 11.4 Å². The first-order chi connectivity index (χ1) is 16.2. The predicted molar refractivity (Wildman–Crippen MR) is 125 cm³/mol. The molecule has 0 radical (unpaired) electrons. The molecule has 3 aromatic carbocycles. The SMILES string of the molecule is CC(/C=N/OCc1ccc(F)cc1)CSc1cc(C(=O)Nc2cc(F)c(F)c(F)c2)ccc1Cl. The maximum atomic E-state index is 13.4. The number of anilines is 1. The molecule has 0 spiro atoms. The van der Waals surface area contributed by atoms with Crippen molar-refractivity contribution in [3.05, 3.63) is 94.0 Å². The van der Waals surface area contributed by atoms with Gasteiger partial charge < -0.3 is 10.2 Å². The largest absolute Gasteiger partial charge is 0.391 e. The number of carbonyl (C=O) groups is 1. The van der Waals surface area contributed by atoms with Gasteiger partial charge in [-0.25, -0.2) is 17.6 Å². The maximum Gasteiger partial charge on any atom is 0.255 e. The Morgan fingerprint density at radius 3 is 2.44 bits per heavy atom. The van der Waals surface area contributed by atoms with Gasteiger partial charge in [0.1, 0.15) is 12.4 Å². The third-order valence-corrected chi connectivity index (χ3v) is 6.25. The van der Waals surface area contributed by atoms with E-state index in [1.165, 1.54) is 36.0 Å². The number of oxime groups is 1. The Kier molecular flexibility index (Phi) is 8.95. The molecule has 4 nitrogen and oxygen atoms in total. The van der Waals surface area contributed by atoms with Crippen LogP contribution in [0.5, 0.6) is 0 Å². The zero-order valence-electron chi connectivity index (χ0n) is 17.8. The number of rotatable bonds is 9. The number of hydrogen-bond acceptors (Lipinski definition) is 4. The number of nitrogens with one attached hydrogen (secondary N) is 1. The normalized spacial score (nSPS) is 12.1. The monoisotopic (exact) mass is 510 g/mol. The van der Waals surface area contributed by atoms with Gasteiger partial charge in [0, 0.05) is 46.2 Å². The van der Waals surface area contributed by atoms with E-state index >= 15 is 0 Å². The summed E-state index contributed by atoms with van der Waals surface area (Å²) in [5.41, 5.74) is 0.783. The van der Waals surface area contributed by atoms with Crippen molar-refractivity contribution in [1.29, 1.82) is 0 Å². The van der Waals surface area contributed by atoms with Gasteiger partial charge in [0.15, 0.2) is 17.5 Å². The van der Waals surface area contributed by atoms with E-state index in [1.54, 1.807) is 24.4 Å². The molecule has 1 unspecified atom stereocenters. The summed E-state index contributed by atoms with van der Waals surface area (Å²) in [5, 5.41) is 6.68. The Morgan fingerprint density at radius 2 is 1.76 bits per heavy atom. The third kappa shape index (κ3) is 7.23. The van der Waals surface area contributed by atoms with Crippen molar-refractivity contribution >= 4 is 41.2 Å². The minimum absolute atomic E-state index is 0.00284. The van der Waals surface area contributed by atoms with E-state index in [9.17, 15) is 22.4 Å². The molecule has 3 aromatic rings. The quantitative estimate of drug-likeness (QED) is 0.110. The summed E-state index contributed by atoms with van der Waals surface area (Å²) < 4.78 is 52.8. The lowest BCUT2D eigenvalue weighted by molar-refractivity contribution is 0.102. The fourth-order valence-electron chi connectivity index (χ4n) is 2.69. The van der Waals surface area contributed by atoms with Crippen LogP contribution in [0.4, 0.5) is 23.2 Å². The summed E-state index contributed by atoms with van der Waals surface area (Å²) in [6.45, 7) is 2.13. The Bertz CT molecular complexity index is 1170. The summed E-state index contributed by atoms with van der Waals surface area (Å²) >= 11 is 7.62. The minimum Gasteiger partial charge on any atom is -0.391 e. The number of halogens is 5. The van der Waals surface area contributed by atoms with Crippen molar-refractivity contribution in [2.24, 2.45) is 11.1 Å². The zero-order valence-corrected chi connectivity index (χ0v) is 19.4. The van der Waals surface area contributed by atoms with Crippen LogP contribution in [0.15, 0.2) is 64.6 Å². The van der Waals surface area contributed by atoms with E-state index in [-0.39, 0.29) is 29.6 Å². The van der Waals surface area contributed by atoms with Crippen LogP contribution < -0.4 is 5.32 Å². The molecule has 0 saturated heterocycles. The number of nitrogens with zero attached hydrogens (tertiary/aromatic N) is 1. The number of benzene rings is 3. The highest BCUT2D eigenvalue weighted by Crippen LogP contribution is 2.30. The fourth-order valence-corrected chi connectivity index (χ4v) is 3.92. The second-order valence-electron chi connectivity index (χ2n) is 7.30. The van der Waals surface area contributed by atoms with Gasteiger partial charge >= 0.3 is 0 Å². The minimum atomic E-state index is -1.61. The van der Waals surface area contributed by atoms with Crippen molar-refractivity contribution in [2.75, 3.05) is 11.1 Å². The standard InChI is InChI=1S/C24H19ClF4N2O2S/c1-14(11-30-33-12-15-2-5-17(26)6-3-15)13-34-22-8-16(4-7-19(22)25)24(32)31-18-9-20(27)23(29)21(28)10-18/h2-11,14H,12-13H2,1H3,(H,31,32)/b30-11+. The summed E-state index contributed by atoms with van der Waals surface area (Å²) in [4.78, 5) is 18.3. The second kappa shape index (κ2) is 11.9. The Balaban J connectivity index is 1.54. The van der Waals surface area contributed by atoms with Crippen molar-refractivity contribution in [1.82, 2.24) is 0 Å².